The van der Waals surface area contributed by atoms with Crippen LogP contribution in [0.25, 0.3) is 10.4 Å². The predicted molar refractivity (Wildman–Crippen MR) is 149 cm³/mol. The van der Waals surface area contributed by atoms with Crippen LogP contribution in [-0.2, 0) is 20.9 Å². The lowest BCUT2D eigenvalue weighted by Crippen LogP contribution is -2.59. The van der Waals surface area contributed by atoms with Crippen LogP contribution in [0.15, 0.2) is 23.7 Å². The lowest BCUT2D eigenvalue weighted by molar-refractivity contribution is -0.145. The molecule has 3 atom stereocenters. The number of rotatable bonds is 10. The van der Waals surface area contributed by atoms with Gasteiger partial charge in [0.15, 0.2) is 5.67 Å². The van der Waals surface area contributed by atoms with Crippen molar-refractivity contribution in [2.24, 2.45) is 11.1 Å². The van der Waals surface area contributed by atoms with Crippen LogP contribution < -0.4 is 21.1 Å². The molecule has 2 heterocycles. The Labute approximate surface area is 237 Å². The fourth-order valence-electron chi connectivity index (χ4n) is 4.74. The smallest absolute Gasteiger partial charge is 0.258 e. The van der Waals surface area contributed by atoms with E-state index in [4.69, 9.17) is 10.5 Å². The SMILES string of the molecule is Cc1ncsc1-c1ccc(CNC(=O)[C@@H]2C[C@@H](O)CN2C(=O)[C@@H](NC(=O)C2(F)CC2)C(C)(C)C)c(OCCN)c1. The third-order valence-corrected chi connectivity index (χ3v) is 8.23. The molecular weight excluding hydrogens is 537 g/mol. The van der Waals surface area contributed by atoms with Crippen molar-refractivity contribution in [2.45, 2.75) is 77.4 Å². The Morgan fingerprint density at radius 2 is 2.05 bits per heavy atom. The molecule has 218 valence electrons. The molecule has 10 nitrogen and oxygen atoms in total. The number of aliphatic hydroxyl groups excluding tert-OH is 1. The lowest BCUT2D eigenvalue weighted by atomic mass is 9.85. The van der Waals surface area contributed by atoms with Crippen molar-refractivity contribution in [3.05, 3.63) is 35.0 Å². The standard InChI is InChI=1S/C28H38FN5O5S/c1-16-22(40-15-32-16)17-5-6-18(21(11-17)39-10-9-30)13-31-24(36)20-12-19(35)14-34(20)25(37)23(27(2,3)4)33-26(38)28(29)7-8-28/h5-6,11,15,19-20,23,35H,7-10,12-14,30H2,1-4H3,(H,31,36)(H,33,38)/t19-,20+,23-/m1/s1. The first-order valence-corrected chi connectivity index (χ1v) is 14.3. The number of halogens is 1. The van der Waals surface area contributed by atoms with Gasteiger partial charge >= 0.3 is 0 Å². The second-order valence-electron chi connectivity index (χ2n) is 11.6. The largest absolute Gasteiger partial charge is 0.492 e. The summed E-state index contributed by atoms with van der Waals surface area (Å²) in [5.41, 5.74) is 7.30. The summed E-state index contributed by atoms with van der Waals surface area (Å²) in [7, 11) is 0. The van der Waals surface area contributed by atoms with Gasteiger partial charge in [-0.2, -0.15) is 0 Å². The monoisotopic (exact) mass is 575 g/mol. The maximum atomic E-state index is 14.4. The van der Waals surface area contributed by atoms with E-state index >= 15 is 0 Å². The third kappa shape index (κ3) is 6.61. The highest BCUT2D eigenvalue weighted by atomic mass is 32.1. The van der Waals surface area contributed by atoms with E-state index < -0.39 is 47.0 Å². The van der Waals surface area contributed by atoms with E-state index in [2.05, 4.69) is 15.6 Å². The van der Waals surface area contributed by atoms with Crippen LogP contribution in [0.4, 0.5) is 4.39 Å². The van der Waals surface area contributed by atoms with Gasteiger partial charge in [0.25, 0.3) is 5.91 Å². The number of amides is 3. The Balaban J connectivity index is 1.49. The first-order valence-electron chi connectivity index (χ1n) is 13.5. The second kappa shape index (κ2) is 11.8. The number of aryl methyl sites for hydroxylation is 1. The highest BCUT2D eigenvalue weighted by molar-refractivity contribution is 7.13. The average molecular weight is 576 g/mol. The molecule has 4 rings (SSSR count). The molecule has 0 bridgehead atoms. The Bertz CT molecular complexity index is 1260. The average Bonchev–Trinajstić information content (AvgIpc) is 3.31. The number of carbonyl (C=O) groups is 3. The van der Waals surface area contributed by atoms with E-state index in [1.165, 1.54) is 16.2 Å². The normalized spacial score (nSPS) is 20.6. The van der Waals surface area contributed by atoms with Crippen LogP contribution in [-0.4, -0.2) is 76.3 Å². The summed E-state index contributed by atoms with van der Waals surface area (Å²) in [5, 5.41) is 15.8. The van der Waals surface area contributed by atoms with Gasteiger partial charge in [-0.15, -0.1) is 11.3 Å². The number of likely N-dealkylation sites (tertiary alicyclic amines) is 1. The number of β-amino-alcohol motifs (C(OH)–C–C–N with tert-alkyl or cyclic N) is 1. The van der Waals surface area contributed by atoms with Crippen molar-refractivity contribution in [3.8, 4) is 16.2 Å². The summed E-state index contributed by atoms with van der Waals surface area (Å²) >= 11 is 1.52. The topological polar surface area (TPSA) is 147 Å². The van der Waals surface area contributed by atoms with Crippen molar-refractivity contribution < 1.29 is 28.6 Å². The van der Waals surface area contributed by atoms with Crippen LogP contribution >= 0.6 is 11.3 Å². The first-order chi connectivity index (χ1) is 18.8. The van der Waals surface area contributed by atoms with Crippen LogP contribution in [0.5, 0.6) is 5.75 Å². The fourth-order valence-corrected chi connectivity index (χ4v) is 5.54. The van der Waals surface area contributed by atoms with E-state index in [1.807, 2.05) is 25.1 Å². The molecule has 5 N–H and O–H groups in total. The summed E-state index contributed by atoms with van der Waals surface area (Å²) in [6.45, 7) is 7.89. The van der Waals surface area contributed by atoms with Gasteiger partial charge in [-0.25, -0.2) is 9.37 Å². The molecule has 1 saturated heterocycles. The number of benzene rings is 1. The minimum absolute atomic E-state index is 0.0511. The van der Waals surface area contributed by atoms with Crippen LogP contribution in [0, 0.1) is 12.3 Å². The first kappa shape index (κ1) is 29.9. The van der Waals surface area contributed by atoms with E-state index in [1.54, 1.807) is 26.3 Å². The molecular formula is C28H38FN5O5S. The Morgan fingerprint density at radius 3 is 2.65 bits per heavy atom. The van der Waals surface area contributed by atoms with Gasteiger partial charge in [0, 0.05) is 31.6 Å². The van der Waals surface area contributed by atoms with Gasteiger partial charge in [-0.1, -0.05) is 32.9 Å². The Kier molecular flexibility index (Phi) is 8.81. The summed E-state index contributed by atoms with van der Waals surface area (Å²) in [5.74, 6) is -1.21. The number of aromatic nitrogens is 1. The van der Waals surface area contributed by atoms with Gasteiger partial charge in [0.2, 0.25) is 11.8 Å². The number of hydrogen-bond acceptors (Lipinski definition) is 8. The molecule has 0 spiro atoms. The van der Waals surface area contributed by atoms with Crippen molar-refractivity contribution in [1.82, 2.24) is 20.5 Å². The number of thiazole rings is 1. The molecule has 2 aromatic rings. The zero-order valence-corrected chi connectivity index (χ0v) is 24.1. The summed E-state index contributed by atoms with van der Waals surface area (Å²) in [6, 6.07) is 3.68. The molecule has 40 heavy (non-hydrogen) atoms. The number of hydrogen-bond donors (Lipinski definition) is 4. The number of ether oxygens (including phenoxy) is 1. The lowest BCUT2D eigenvalue weighted by Gasteiger charge is -2.35. The number of alkyl halides is 1. The molecule has 1 aromatic heterocycles. The molecule has 2 fully saturated rings. The second-order valence-corrected chi connectivity index (χ2v) is 12.4. The van der Waals surface area contributed by atoms with Gasteiger partial charge in [0.05, 0.1) is 22.2 Å². The number of carbonyl (C=O) groups excluding carboxylic acids is 3. The molecule has 2 aliphatic rings. The van der Waals surface area contributed by atoms with Gasteiger partial charge in [-0.05, 0) is 36.8 Å². The minimum Gasteiger partial charge on any atom is -0.492 e. The maximum absolute atomic E-state index is 14.4. The van der Waals surface area contributed by atoms with E-state index in [0.29, 0.717) is 18.9 Å². The zero-order chi connectivity index (χ0) is 29.2. The molecule has 1 aromatic carbocycles. The number of nitrogens with two attached hydrogens (primary N) is 1. The molecule has 1 aliphatic heterocycles. The molecule has 3 amide bonds. The molecule has 1 saturated carbocycles. The Hall–Kier alpha value is -3.09. The molecule has 12 heteroatoms. The summed E-state index contributed by atoms with van der Waals surface area (Å²) < 4.78 is 20.3. The van der Waals surface area contributed by atoms with E-state index in [9.17, 15) is 23.9 Å². The van der Waals surface area contributed by atoms with Crippen molar-refractivity contribution in [2.75, 3.05) is 19.7 Å². The maximum Gasteiger partial charge on any atom is 0.258 e. The van der Waals surface area contributed by atoms with E-state index in [0.717, 1.165) is 21.7 Å². The van der Waals surface area contributed by atoms with Gasteiger partial charge in [0.1, 0.15) is 24.4 Å². The van der Waals surface area contributed by atoms with Crippen LogP contribution in [0.3, 0.4) is 0 Å². The molecule has 1 aliphatic carbocycles. The van der Waals surface area contributed by atoms with Crippen LogP contribution in [0.1, 0.15) is 51.3 Å². The van der Waals surface area contributed by atoms with Gasteiger partial charge < -0.3 is 31.1 Å². The van der Waals surface area contributed by atoms with Crippen molar-refractivity contribution in [3.63, 3.8) is 0 Å². The molecule has 0 unspecified atom stereocenters. The highest BCUT2D eigenvalue weighted by Gasteiger charge is 2.53. The number of nitrogens with zero attached hydrogens (tertiary/aromatic N) is 2. The summed E-state index contributed by atoms with van der Waals surface area (Å²) in [6.07, 6.45) is -0.606. The van der Waals surface area contributed by atoms with Crippen molar-refractivity contribution in [1.29, 1.82) is 0 Å². The quantitative estimate of drug-likeness (QED) is 0.339. The number of aliphatic hydroxyl groups is 1. The predicted octanol–water partition coefficient (Wildman–Crippen LogP) is 2.07. The third-order valence-electron chi connectivity index (χ3n) is 7.25. The van der Waals surface area contributed by atoms with E-state index in [-0.39, 0.29) is 32.4 Å². The minimum atomic E-state index is -1.94. The highest BCUT2D eigenvalue weighted by Crippen LogP contribution is 2.40. The van der Waals surface area contributed by atoms with Gasteiger partial charge in [-0.3, -0.25) is 14.4 Å². The van der Waals surface area contributed by atoms with Crippen LogP contribution in [0.2, 0.25) is 0 Å². The van der Waals surface area contributed by atoms with Crippen molar-refractivity contribution >= 4 is 29.1 Å². The summed E-state index contributed by atoms with van der Waals surface area (Å²) in [4.78, 5) is 46.0. The number of nitrogens with one attached hydrogen (secondary N) is 2. The molecule has 0 radical (unpaired) electrons. The zero-order valence-electron chi connectivity index (χ0n) is 23.3. The fraction of sp³-hybridized carbons (Fsp3) is 0.571. The Morgan fingerprint density at radius 1 is 1.32 bits per heavy atom.